The number of rotatable bonds is 4. The summed E-state index contributed by atoms with van der Waals surface area (Å²) in [6.07, 6.45) is 3.34. The minimum atomic E-state index is -0.379. The maximum atomic E-state index is 12.8. The van der Waals surface area contributed by atoms with Crippen molar-refractivity contribution in [1.29, 1.82) is 0 Å². The number of piperidine rings is 1. The second-order valence-corrected chi connectivity index (χ2v) is 6.86. The van der Waals surface area contributed by atoms with Gasteiger partial charge in [-0.1, -0.05) is 30.3 Å². The normalized spacial score (nSPS) is 17.5. The van der Waals surface area contributed by atoms with Gasteiger partial charge in [0.05, 0.1) is 5.01 Å². The lowest BCUT2D eigenvalue weighted by Gasteiger charge is -2.33. The van der Waals surface area contributed by atoms with Gasteiger partial charge in [-0.2, -0.15) is 0 Å². The molecule has 1 fully saturated rings. The van der Waals surface area contributed by atoms with Gasteiger partial charge < -0.3 is 10.2 Å². The van der Waals surface area contributed by atoms with Crippen LogP contribution in [-0.2, 0) is 11.2 Å². The van der Waals surface area contributed by atoms with Crippen molar-refractivity contribution < 1.29 is 9.59 Å². The van der Waals surface area contributed by atoms with E-state index in [2.05, 4.69) is 22.4 Å². The summed E-state index contributed by atoms with van der Waals surface area (Å²) in [4.78, 5) is 31.0. The molecule has 3 rings (SSSR count). The molecule has 0 unspecified atom stereocenters. The molecule has 5 nitrogen and oxygen atoms in total. The predicted molar refractivity (Wildman–Crippen MR) is 94.1 cm³/mol. The van der Waals surface area contributed by atoms with Crippen LogP contribution >= 0.6 is 11.3 Å². The lowest BCUT2D eigenvalue weighted by Crippen LogP contribution is -2.51. The molecule has 1 aromatic carbocycles. The summed E-state index contributed by atoms with van der Waals surface area (Å²) < 4.78 is 0. The van der Waals surface area contributed by atoms with E-state index in [0.717, 1.165) is 24.3 Å². The molecule has 1 aliphatic heterocycles. The first kappa shape index (κ1) is 16.6. The highest BCUT2D eigenvalue weighted by Gasteiger charge is 2.32. The topological polar surface area (TPSA) is 62.3 Å². The average molecular weight is 343 g/mol. The van der Waals surface area contributed by atoms with Crippen LogP contribution in [0.2, 0.25) is 0 Å². The molecule has 126 valence electrons. The van der Waals surface area contributed by atoms with Crippen LogP contribution in [0, 0.1) is 0 Å². The fourth-order valence-electron chi connectivity index (χ4n) is 3.02. The SMILES string of the molecule is CNC(=O)[C@@H]1CCCCN1C(=O)c1csc(Cc2ccccc2)n1. The van der Waals surface area contributed by atoms with E-state index < -0.39 is 0 Å². The highest BCUT2D eigenvalue weighted by Crippen LogP contribution is 2.22. The van der Waals surface area contributed by atoms with Crippen LogP contribution in [0.25, 0.3) is 0 Å². The van der Waals surface area contributed by atoms with E-state index in [1.54, 1.807) is 17.3 Å². The van der Waals surface area contributed by atoms with Crippen molar-refractivity contribution in [1.82, 2.24) is 15.2 Å². The van der Waals surface area contributed by atoms with Crippen LogP contribution < -0.4 is 5.32 Å². The first-order valence-electron chi connectivity index (χ1n) is 8.20. The first-order chi connectivity index (χ1) is 11.7. The van der Waals surface area contributed by atoms with Crippen molar-refractivity contribution in [3.05, 3.63) is 52.0 Å². The molecule has 0 radical (unpaired) electrons. The van der Waals surface area contributed by atoms with Gasteiger partial charge in [0, 0.05) is 25.4 Å². The molecule has 1 aromatic heterocycles. The Balaban J connectivity index is 1.73. The maximum absolute atomic E-state index is 12.8. The Labute approximate surface area is 145 Å². The van der Waals surface area contributed by atoms with Gasteiger partial charge in [-0.3, -0.25) is 9.59 Å². The molecule has 2 heterocycles. The third-order valence-corrected chi connectivity index (χ3v) is 5.13. The number of amides is 2. The number of thiazole rings is 1. The Hall–Kier alpha value is -2.21. The minimum Gasteiger partial charge on any atom is -0.357 e. The van der Waals surface area contributed by atoms with Crippen LogP contribution in [0.4, 0.5) is 0 Å². The fourth-order valence-corrected chi connectivity index (χ4v) is 3.82. The molecule has 2 amide bonds. The lowest BCUT2D eigenvalue weighted by atomic mass is 10.0. The third kappa shape index (κ3) is 3.64. The summed E-state index contributed by atoms with van der Waals surface area (Å²) in [6.45, 7) is 0.614. The number of aromatic nitrogens is 1. The van der Waals surface area contributed by atoms with E-state index in [0.29, 0.717) is 18.7 Å². The van der Waals surface area contributed by atoms with E-state index in [9.17, 15) is 9.59 Å². The number of hydrogen-bond acceptors (Lipinski definition) is 4. The van der Waals surface area contributed by atoms with Crippen LogP contribution in [0.1, 0.15) is 40.3 Å². The van der Waals surface area contributed by atoms with E-state index in [1.165, 1.54) is 16.9 Å². The van der Waals surface area contributed by atoms with Crippen molar-refractivity contribution in [2.75, 3.05) is 13.6 Å². The van der Waals surface area contributed by atoms with Crippen LogP contribution in [0.15, 0.2) is 35.7 Å². The summed E-state index contributed by atoms with van der Waals surface area (Å²) in [6, 6.07) is 9.70. The number of likely N-dealkylation sites (N-methyl/N-ethyl adjacent to an activating group) is 1. The molecule has 1 aliphatic rings. The molecule has 0 aliphatic carbocycles. The summed E-state index contributed by atoms with van der Waals surface area (Å²) >= 11 is 1.49. The third-order valence-electron chi connectivity index (χ3n) is 4.28. The van der Waals surface area contributed by atoms with Crippen molar-refractivity contribution in [3.63, 3.8) is 0 Å². The minimum absolute atomic E-state index is 0.0946. The van der Waals surface area contributed by atoms with E-state index in [-0.39, 0.29) is 17.9 Å². The second-order valence-electron chi connectivity index (χ2n) is 5.91. The standard InChI is InChI=1S/C18H21N3O2S/c1-19-17(22)15-9-5-6-10-21(15)18(23)14-12-24-16(20-14)11-13-7-3-2-4-8-13/h2-4,7-8,12,15H,5-6,9-11H2,1H3,(H,19,22)/t15-/m0/s1. The zero-order valence-electron chi connectivity index (χ0n) is 13.7. The molecule has 6 heteroatoms. The Kier molecular flexibility index (Phi) is 5.25. The van der Waals surface area contributed by atoms with E-state index in [1.807, 2.05) is 18.2 Å². The largest absolute Gasteiger partial charge is 0.357 e. The smallest absolute Gasteiger partial charge is 0.274 e. The molecule has 0 saturated carbocycles. The number of benzene rings is 1. The highest BCUT2D eigenvalue weighted by molar-refractivity contribution is 7.09. The number of carbonyl (C=O) groups is 2. The molecule has 2 aromatic rings. The quantitative estimate of drug-likeness (QED) is 0.928. The van der Waals surface area contributed by atoms with Gasteiger partial charge in [0.2, 0.25) is 5.91 Å². The Morgan fingerprint density at radius 2 is 2.08 bits per heavy atom. The lowest BCUT2D eigenvalue weighted by molar-refractivity contribution is -0.126. The molecule has 24 heavy (non-hydrogen) atoms. The summed E-state index contributed by atoms with van der Waals surface area (Å²) in [5.41, 5.74) is 1.62. The zero-order chi connectivity index (χ0) is 16.9. The molecule has 1 saturated heterocycles. The molecule has 0 bridgehead atoms. The molecular weight excluding hydrogens is 322 g/mol. The van der Waals surface area contributed by atoms with Crippen molar-refractivity contribution >= 4 is 23.2 Å². The van der Waals surface area contributed by atoms with Gasteiger partial charge in [-0.15, -0.1) is 11.3 Å². The van der Waals surface area contributed by atoms with E-state index >= 15 is 0 Å². The predicted octanol–water partition coefficient (Wildman–Crippen LogP) is 2.47. The van der Waals surface area contributed by atoms with E-state index in [4.69, 9.17) is 0 Å². The summed E-state index contributed by atoms with van der Waals surface area (Å²) in [5.74, 6) is -0.235. The van der Waals surface area contributed by atoms with Crippen molar-refractivity contribution in [2.45, 2.75) is 31.7 Å². The number of hydrogen-bond donors (Lipinski definition) is 1. The van der Waals surface area contributed by atoms with Gasteiger partial charge in [0.15, 0.2) is 0 Å². The molecule has 0 spiro atoms. The highest BCUT2D eigenvalue weighted by atomic mass is 32.1. The number of carbonyl (C=O) groups excluding carboxylic acids is 2. The van der Waals surface area contributed by atoms with Crippen molar-refractivity contribution in [2.24, 2.45) is 0 Å². The van der Waals surface area contributed by atoms with Gasteiger partial charge in [-0.05, 0) is 24.8 Å². The number of nitrogens with one attached hydrogen (secondary N) is 1. The first-order valence-corrected chi connectivity index (χ1v) is 9.08. The van der Waals surface area contributed by atoms with Crippen molar-refractivity contribution in [3.8, 4) is 0 Å². The zero-order valence-corrected chi connectivity index (χ0v) is 14.5. The maximum Gasteiger partial charge on any atom is 0.274 e. The summed E-state index contributed by atoms with van der Waals surface area (Å²) in [5, 5.41) is 5.37. The fraction of sp³-hybridized carbons (Fsp3) is 0.389. The Morgan fingerprint density at radius 3 is 2.83 bits per heavy atom. The number of nitrogens with zero attached hydrogens (tertiary/aromatic N) is 2. The molecular formula is C18H21N3O2S. The Bertz CT molecular complexity index is 714. The van der Waals surface area contributed by atoms with Gasteiger partial charge in [0.25, 0.3) is 5.91 Å². The Morgan fingerprint density at radius 1 is 1.29 bits per heavy atom. The molecule has 1 N–H and O–H groups in total. The van der Waals surface area contributed by atoms with Crippen LogP contribution in [0.5, 0.6) is 0 Å². The van der Waals surface area contributed by atoms with Gasteiger partial charge >= 0.3 is 0 Å². The monoisotopic (exact) mass is 343 g/mol. The van der Waals surface area contributed by atoms with Crippen LogP contribution in [-0.4, -0.2) is 41.3 Å². The number of likely N-dealkylation sites (tertiary alicyclic amines) is 1. The van der Waals surface area contributed by atoms with Gasteiger partial charge in [-0.25, -0.2) is 4.98 Å². The second kappa shape index (κ2) is 7.57. The average Bonchev–Trinajstić information content (AvgIpc) is 3.09. The van der Waals surface area contributed by atoms with Crippen LogP contribution in [0.3, 0.4) is 0 Å². The van der Waals surface area contributed by atoms with Gasteiger partial charge in [0.1, 0.15) is 11.7 Å². The molecule has 1 atom stereocenters. The summed E-state index contributed by atoms with van der Waals surface area (Å²) in [7, 11) is 1.61.